The molecule has 9 aliphatic rings. The fourth-order valence-electron chi connectivity index (χ4n) is 20.2. The van der Waals surface area contributed by atoms with Gasteiger partial charge in [0, 0.05) is 254 Å². The Hall–Kier alpha value is -13.5. The number of piperazine rings is 3. The molecule has 35 heteroatoms. The van der Waals surface area contributed by atoms with E-state index in [2.05, 4.69) is 108 Å². The molecule has 0 bridgehead atoms. The van der Waals surface area contributed by atoms with Crippen LogP contribution in [0.25, 0.3) is 32.7 Å². The second-order valence-corrected chi connectivity index (χ2v) is 37.4. The molecule has 35 nitrogen and oxygen atoms in total. The van der Waals surface area contributed by atoms with Gasteiger partial charge in [0.15, 0.2) is 0 Å². The second-order valence-electron chi connectivity index (χ2n) is 37.4. The van der Waals surface area contributed by atoms with Crippen molar-refractivity contribution >= 4 is 104 Å². The third-order valence-corrected chi connectivity index (χ3v) is 28.3. The van der Waals surface area contributed by atoms with Gasteiger partial charge in [-0.25, -0.2) is 28.8 Å². The summed E-state index contributed by atoms with van der Waals surface area (Å²) in [5, 5.41) is 42.5. The Morgan fingerprint density at radius 1 is 0.407 bits per heavy atom. The van der Waals surface area contributed by atoms with Crippen molar-refractivity contribution in [2.75, 3.05) is 161 Å². The number of urea groups is 6. The molecule has 9 aliphatic heterocycles. The number of nitrogens with zero attached hydrogens (tertiary/aromatic N) is 16. The minimum Gasteiger partial charge on any atom is -0.384 e. The first-order chi connectivity index (χ1) is 65.7. The van der Waals surface area contributed by atoms with Crippen LogP contribution < -0.4 is 31.9 Å². The van der Waals surface area contributed by atoms with E-state index in [1.54, 1.807) is 33.3 Å². The maximum atomic E-state index is 14.0. The Labute approximate surface area is 787 Å². The van der Waals surface area contributed by atoms with Gasteiger partial charge in [-0.2, -0.15) is 15.3 Å². The number of aromatic nitrogens is 7. The van der Waals surface area contributed by atoms with Gasteiger partial charge in [0.1, 0.15) is 18.1 Å². The molecule has 15 amide bonds. The molecule has 0 aliphatic carbocycles. The van der Waals surface area contributed by atoms with Crippen LogP contribution in [0, 0.1) is 5.92 Å². The molecule has 13 heterocycles. The lowest BCUT2D eigenvalue weighted by molar-refractivity contribution is -0.135. The maximum absolute atomic E-state index is 14.0. The Balaban J connectivity index is 0.000000141. The van der Waals surface area contributed by atoms with Crippen molar-refractivity contribution in [1.29, 1.82) is 0 Å². The van der Waals surface area contributed by atoms with Crippen LogP contribution >= 0.6 is 0 Å². The molecule has 135 heavy (non-hydrogen) atoms. The molecule has 6 aromatic carbocycles. The number of aromatic amines is 4. The van der Waals surface area contributed by atoms with Crippen LogP contribution in [0.1, 0.15) is 104 Å². The number of nitrogens with one attached hydrogen (secondary N) is 10. The van der Waals surface area contributed by atoms with E-state index in [-0.39, 0.29) is 72.0 Å². The van der Waals surface area contributed by atoms with Crippen LogP contribution in [0.4, 0.5) is 45.8 Å². The van der Waals surface area contributed by atoms with Gasteiger partial charge in [0.2, 0.25) is 17.7 Å². The predicted molar refractivity (Wildman–Crippen MR) is 519 cm³/mol. The lowest BCUT2D eigenvalue weighted by atomic mass is 10.0. The summed E-state index contributed by atoms with van der Waals surface area (Å²) < 4.78 is 0. The molecule has 6 saturated heterocycles. The Bertz CT molecular complexity index is 5780. The molecule has 3 unspecified atom stereocenters. The molecular formula is C100H128N26O9. The highest BCUT2D eigenvalue weighted by Crippen LogP contribution is 2.33. The van der Waals surface area contributed by atoms with Crippen molar-refractivity contribution in [3.8, 4) is 0 Å². The zero-order chi connectivity index (χ0) is 93.4. The molecule has 10 aromatic rings. The zero-order valence-corrected chi connectivity index (χ0v) is 77.9. The van der Waals surface area contributed by atoms with E-state index in [4.69, 9.17) is 0 Å². The van der Waals surface area contributed by atoms with E-state index >= 15 is 0 Å². The lowest BCUT2D eigenvalue weighted by Gasteiger charge is -2.41. The highest BCUT2D eigenvalue weighted by atomic mass is 16.2. The zero-order valence-electron chi connectivity index (χ0n) is 77.9. The van der Waals surface area contributed by atoms with Crippen molar-refractivity contribution in [1.82, 2.24) is 115 Å². The van der Waals surface area contributed by atoms with E-state index < -0.39 is 18.1 Å². The first-order valence-corrected chi connectivity index (χ1v) is 48.1. The van der Waals surface area contributed by atoms with Crippen LogP contribution in [-0.4, -0.2) is 334 Å². The predicted octanol–water partition coefficient (Wildman–Crippen LogP) is 10.6. The van der Waals surface area contributed by atoms with Gasteiger partial charge >= 0.3 is 36.2 Å². The third kappa shape index (κ3) is 23.3. The van der Waals surface area contributed by atoms with Gasteiger partial charge < -0.3 is 85.9 Å². The number of H-pyrrole nitrogens is 4. The number of piperidine rings is 3. The Morgan fingerprint density at radius 3 is 1.08 bits per heavy atom. The van der Waals surface area contributed by atoms with Crippen LogP contribution in [0.2, 0.25) is 0 Å². The van der Waals surface area contributed by atoms with Crippen molar-refractivity contribution < 1.29 is 43.2 Å². The van der Waals surface area contributed by atoms with E-state index in [1.807, 2.05) is 194 Å². The number of fused-ring (bicyclic) bond motifs is 6. The van der Waals surface area contributed by atoms with Crippen molar-refractivity contribution in [2.24, 2.45) is 5.92 Å². The third-order valence-electron chi connectivity index (χ3n) is 28.3. The van der Waals surface area contributed by atoms with Gasteiger partial charge in [0.25, 0.3) is 0 Å². The maximum Gasteiger partial charge on any atom is 0.322 e. The van der Waals surface area contributed by atoms with Crippen LogP contribution in [0.15, 0.2) is 177 Å². The summed E-state index contributed by atoms with van der Waals surface area (Å²) in [5.41, 5.74) is 12.7. The first-order valence-electron chi connectivity index (χ1n) is 48.1. The fraction of sp³-hybridized carbons (Fsp3) is 0.460. The summed E-state index contributed by atoms with van der Waals surface area (Å²) in [6.07, 6.45) is 19.0. The van der Waals surface area contributed by atoms with Crippen LogP contribution in [-0.2, 0) is 59.8 Å². The summed E-state index contributed by atoms with van der Waals surface area (Å²) in [4.78, 5) is 150. The molecule has 3 atom stereocenters. The topological polar surface area (TPSA) is 370 Å². The number of carbonyl (C=O) groups is 9. The lowest BCUT2D eigenvalue weighted by Crippen LogP contribution is -2.58. The molecule has 0 radical (unpaired) electrons. The second kappa shape index (κ2) is 43.6. The van der Waals surface area contributed by atoms with Crippen molar-refractivity contribution in [3.05, 3.63) is 216 Å². The quantitative estimate of drug-likeness (QED) is 0.0269. The van der Waals surface area contributed by atoms with Crippen molar-refractivity contribution in [3.63, 3.8) is 0 Å². The Kier molecular flexibility index (Phi) is 30.2. The monoisotopic (exact) mass is 1840 g/mol. The largest absolute Gasteiger partial charge is 0.384 e. The number of anilines is 3. The number of likely N-dealkylation sites (tertiary alicyclic amines) is 3. The van der Waals surface area contributed by atoms with Gasteiger partial charge in [-0.1, -0.05) is 106 Å². The highest BCUT2D eigenvalue weighted by molar-refractivity contribution is 5.95. The van der Waals surface area contributed by atoms with E-state index in [0.29, 0.717) is 162 Å². The highest BCUT2D eigenvalue weighted by Gasteiger charge is 2.41. The smallest absolute Gasteiger partial charge is 0.322 e. The first kappa shape index (κ1) is 93.3. The summed E-state index contributed by atoms with van der Waals surface area (Å²) in [5.74, 6) is 0.532. The van der Waals surface area contributed by atoms with Gasteiger partial charge in [-0.05, 0) is 151 Å². The minimum atomic E-state index is -0.695. The number of amides is 15. The molecule has 10 N–H and O–H groups in total. The van der Waals surface area contributed by atoms with Gasteiger partial charge in [-0.15, -0.1) is 0 Å². The minimum absolute atomic E-state index is 0.0311. The molecule has 0 spiro atoms. The number of rotatable bonds is 24. The molecule has 6 fully saturated rings. The standard InChI is InChI=1S/C34H46N8O3.C33H39N9O3.C33H43N9O3/c1-3-24(4-2)22-39-15-17-40(18-16-39)32(43)31(20-25-9-10-30-27(19-25)21-35-38-30)37-33(44)41-13-11-28(12-14-41)42-23-26-7-5-6-8-29(26)36-34(42)45;43-31(40-16-14-39(15-17-40)22-26-5-3-11-34-26)30(19-23-7-8-29-25(18-23)20-35-38-29)37-32(44)41-12-9-27(10-13-41)42-21-24-4-1-2-6-28(24)36-33(42)45;1-38(2)12-5-13-39-16-18-40(19-17-39)31(43)30(21-24-8-9-29-26(20-24)22-34-37-29)36-32(44)41-14-10-27(11-15-41)42-23-25-6-3-4-7-28(25)35-33(42)45/h5-10,19,21,24,28,31H,3-4,11-18,20,22-23H2,1-2H3,(H,35,38)(H,36,45)(H,37,44);1-8,11,18,20,27,30,34H,9-10,12-17,19,21-22H2,(H,35,38)(H,36,45)(H,37,44);3-9,12,20,22,27,30H,10-11,13-19,21,23H2,1-2H3,(H,34,37)(H,35,45)(H,36,44)/b;;12-5+. The molecular weight excluding hydrogens is 1710 g/mol. The van der Waals surface area contributed by atoms with Gasteiger partial charge in [0.05, 0.1) is 35.1 Å². The molecule has 4 aromatic heterocycles. The molecule has 19 rings (SSSR count). The normalized spacial score (nSPS) is 18.6. The molecule has 712 valence electrons. The molecule has 0 saturated carbocycles. The van der Waals surface area contributed by atoms with Gasteiger partial charge in [-0.3, -0.25) is 44.4 Å². The summed E-state index contributed by atoms with van der Waals surface area (Å²) >= 11 is 0. The number of para-hydroxylation sites is 3. The van der Waals surface area contributed by atoms with E-state index in [9.17, 15) is 43.2 Å². The number of benzene rings is 6. The number of carbonyl (C=O) groups excluding carboxylic acids is 9. The summed E-state index contributed by atoms with van der Waals surface area (Å²) in [6, 6.07) is 42.7. The van der Waals surface area contributed by atoms with Crippen LogP contribution in [0.3, 0.4) is 0 Å². The fourth-order valence-corrected chi connectivity index (χ4v) is 20.2. The van der Waals surface area contributed by atoms with Crippen molar-refractivity contribution in [2.45, 2.75) is 147 Å². The number of hydrogen-bond donors (Lipinski definition) is 10. The SMILES string of the molecule is CCC(CC)CN1CCN(C(=O)C(Cc2ccc3[nH]ncc3c2)NC(=O)N2CCC(N3Cc4ccccc4NC3=O)CC2)CC1.CN(C)/C=C/CN1CCN(C(=O)C(Cc2ccc3[nH]ncc3c2)NC(=O)N2CCC(N3Cc4ccccc4NC3=O)CC2)CC1.O=C(NC(Cc1ccc2[nH]ncc2c1)C(=O)N1CCN(Cc2ccc[nH]2)CC1)N1CCC(N2Cc3ccccc3NC2=O)CC1. The average molecular weight is 1840 g/mol. The summed E-state index contributed by atoms with van der Waals surface area (Å²) in [7, 11) is 4.00. The Morgan fingerprint density at radius 2 is 0.748 bits per heavy atom. The van der Waals surface area contributed by atoms with E-state index in [1.165, 1.54) is 12.8 Å². The number of hydrogen-bond acceptors (Lipinski definition) is 16. The summed E-state index contributed by atoms with van der Waals surface area (Å²) in [6.45, 7) is 20.6. The average Bonchev–Trinajstić information content (AvgIpc) is 1.05. The van der Waals surface area contributed by atoms with E-state index in [0.717, 1.165) is 148 Å². The van der Waals surface area contributed by atoms with Crippen LogP contribution in [0.5, 0.6) is 0 Å².